The molecule has 1 saturated heterocycles. The van der Waals surface area contributed by atoms with Gasteiger partial charge in [0.1, 0.15) is 17.3 Å². The predicted molar refractivity (Wildman–Crippen MR) is 95.7 cm³/mol. The Labute approximate surface area is 155 Å². The fourth-order valence-electron chi connectivity index (χ4n) is 3.54. The molecule has 9 heteroatoms. The highest BCUT2D eigenvalue weighted by Gasteiger charge is 2.29. The summed E-state index contributed by atoms with van der Waals surface area (Å²) in [6.45, 7) is 2.34. The molecule has 140 valence electrons. The van der Waals surface area contributed by atoms with Gasteiger partial charge in [0.05, 0.1) is 0 Å². The van der Waals surface area contributed by atoms with Gasteiger partial charge < -0.3 is 15.5 Å². The Morgan fingerprint density at radius 2 is 2.08 bits per heavy atom. The third-order valence-corrected chi connectivity index (χ3v) is 4.80. The van der Waals surface area contributed by atoms with Crippen LogP contribution in [0.4, 0.5) is 14.5 Å². The number of aromatic nitrogens is 2. The third kappa shape index (κ3) is 3.39. The van der Waals surface area contributed by atoms with Crippen molar-refractivity contribution in [2.75, 3.05) is 24.5 Å². The van der Waals surface area contributed by atoms with Crippen LogP contribution in [0.15, 0.2) is 18.2 Å². The number of H-pyrrole nitrogens is 1. The molecule has 1 aromatic carbocycles. The highest BCUT2D eigenvalue weighted by Crippen LogP contribution is 2.27. The number of aromatic amines is 1. The third-order valence-electron chi connectivity index (χ3n) is 4.80. The van der Waals surface area contributed by atoms with Crippen LogP contribution in [0.2, 0.25) is 0 Å². The molecule has 1 unspecified atom stereocenters. The van der Waals surface area contributed by atoms with Crippen LogP contribution in [0.1, 0.15) is 28.2 Å². The van der Waals surface area contributed by atoms with Crippen molar-refractivity contribution in [1.82, 2.24) is 20.8 Å². The number of rotatable bonds is 3. The van der Waals surface area contributed by atoms with E-state index in [1.807, 2.05) is 0 Å². The number of halogens is 3. The fraction of sp³-hybridized carbons (Fsp3) is 0.412. The van der Waals surface area contributed by atoms with Crippen LogP contribution in [0.3, 0.4) is 0 Å². The maximum atomic E-state index is 13.9. The van der Waals surface area contributed by atoms with Gasteiger partial charge >= 0.3 is 0 Å². The molecule has 4 rings (SSSR count). The Morgan fingerprint density at radius 1 is 1.31 bits per heavy atom. The molecule has 0 spiro atoms. The molecule has 3 heterocycles. The smallest absolute Gasteiger partial charge is 0.272 e. The first-order valence-corrected chi connectivity index (χ1v) is 8.40. The van der Waals surface area contributed by atoms with Crippen molar-refractivity contribution in [2.45, 2.75) is 25.4 Å². The van der Waals surface area contributed by atoms with Gasteiger partial charge in [-0.1, -0.05) is 6.07 Å². The first-order valence-electron chi connectivity index (χ1n) is 8.40. The number of hydrogen-bond acceptors (Lipinski definition) is 4. The van der Waals surface area contributed by atoms with Crippen LogP contribution in [0.25, 0.3) is 0 Å². The quantitative estimate of drug-likeness (QED) is 0.755. The van der Waals surface area contributed by atoms with Crippen LogP contribution in [-0.4, -0.2) is 41.8 Å². The van der Waals surface area contributed by atoms with Crippen molar-refractivity contribution in [3.8, 4) is 0 Å². The monoisotopic (exact) mass is 383 g/mol. The van der Waals surface area contributed by atoms with E-state index in [1.54, 1.807) is 4.90 Å². The highest BCUT2D eigenvalue weighted by atomic mass is 35.5. The van der Waals surface area contributed by atoms with Gasteiger partial charge in [-0.25, -0.2) is 8.78 Å². The second kappa shape index (κ2) is 7.59. The summed E-state index contributed by atoms with van der Waals surface area (Å²) in [7, 11) is 0. The van der Waals surface area contributed by atoms with Crippen molar-refractivity contribution < 1.29 is 13.6 Å². The Kier molecular flexibility index (Phi) is 5.43. The van der Waals surface area contributed by atoms with Gasteiger partial charge in [-0.15, -0.1) is 12.4 Å². The summed E-state index contributed by atoms with van der Waals surface area (Å²) in [6, 6.07) is 3.66. The number of carbonyl (C=O) groups is 1. The minimum atomic E-state index is -0.584. The SMILES string of the molecule is Cl.O=C(NC1CCN(c2c(F)cccc2F)C1)c1n[nH]c2c1CNCC2. The summed E-state index contributed by atoms with van der Waals surface area (Å²) >= 11 is 0. The topological polar surface area (TPSA) is 73.0 Å². The molecule has 2 aliphatic rings. The van der Waals surface area contributed by atoms with E-state index in [-0.39, 0.29) is 30.0 Å². The van der Waals surface area contributed by atoms with E-state index >= 15 is 0 Å². The van der Waals surface area contributed by atoms with E-state index in [0.717, 1.165) is 24.2 Å². The zero-order valence-corrected chi connectivity index (χ0v) is 14.8. The number of nitrogens with one attached hydrogen (secondary N) is 3. The van der Waals surface area contributed by atoms with Gasteiger partial charge in [-0.3, -0.25) is 9.89 Å². The Balaban J connectivity index is 0.00000196. The van der Waals surface area contributed by atoms with Crippen molar-refractivity contribution in [3.63, 3.8) is 0 Å². The Bertz CT molecular complexity index is 792. The highest BCUT2D eigenvalue weighted by molar-refractivity contribution is 5.94. The van der Waals surface area contributed by atoms with Crippen molar-refractivity contribution in [1.29, 1.82) is 0 Å². The molecule has 2 aromatic rings. The van der Waals surface area contributed by atoms with Crippen LogP contribution in [-0.2, 0) is 13.0 Å². The summed E-state index contributed by atoms with van der Waals surface area (Å²) < 4.78 is 27.8. The number of benzene rings is 1. The van der Waals surface area contributed by atoms with Gasteiger partial charge in [-0.2, -0.15) is 5.10 Å². The van der Waals surface area contributed by atoms with E-state index in [0.29, 0.717) is 31.7 Å². The molecule has 0 saturated carbocycles. The van der Waals surface area contributed by atoms with Crippen molar-refractivity contribution in [2.24, 2.45) is 0 Å². The normalized spacial score (nSPS) is 19.0. The molecule has 2 aliphatic heterocycles. The molecule has 1 aromatic heterocycles. The van der Waals surface area contributed by atoms with Crippen LogP contribution in [0, 0.1) is 11.6 Å². The standard InChI is InChI=1S/C17H19F2N5O.ClH/c18-12-2-1-3-13(19)16(12)24-7-5-10(9-24)21-17(25)15-11-8-20-6-4-14(11)22-23-15;/h1-3,10,20H,4-9H2,(H,21,25)(H,22,23);1H. The molecule has 0 radical (unpaired) electrons. The molecular weight excluding hydrogens is 364 g/mol. The average Bonchev–Trinajstić information content (AvgIpc) is 3.21. The van der Waals surface area contributed by atoms with Crippen LogP contribution in [0.5, 0.6) is 0 Å². The molecule has 1 fully saturated rings. The van der Waals surface area contributed by atoms with Gasteiger partial charge in [0.2, 0.25) is 0 Å². The van der Waals surface area contributed by atoms with E-state index in [1.165, 1.54) is 18.2 Å². The second-order valence-electron chi connectivity index (χ2n) is 6.43. The predicted octanol–water partition coefficient (Wildman–Crippen LogP) is 1.76. The summed E-state index contributed by atoms with van der Waals surface area (Å²) in [5, 5.41) is 13.2. The lowest BCUT2D eigenvalue weighted by Gasteiger charge is -2.20. The lowest BCUT2D eigenvalue weighted by Crippen LogP contribution is -2.38. The van der Waals surface area contributed by atoms with E-state index in [2.05, 4.69) is 20.8 Å². The van der Waals surface area contributed by atoms with E-state index in [9.17, 15) is 13.6 Å². The van der Waals surface area contributed by atoms with E-state index in [4.69, 9.17) is 0 Å². The zero-order valence-electron chi connectivity index (χ0n) is 14.0. The number of fused-ring (bicyclic) bond motifs is 1. The molecule has 26 heavy (non-hydrogen) atoms. The largest absolute Gasteiger partial charge is 0.365 e. The molecule has 1 amide bonds. The molecule has 3 N–H and O–H groups in total. The van der Waals surface area contributed by atoms with E-state index < -0.39 is 11.6 Å². The first-order chi connectivity index (χ1) is 12.1. The van der Waals surface area contributed by atoms with Crippen LogP contribution < -0.4 is 15.5 Å². The maximum Gasteiger partial charge on any atom is 0.272 e. The zero-order chi connectivity index (χ0) is 17.4. The number of carbonyl (C=O) groups excluding carboxylic acids is 1. The Hall–Kier alpha value is -2.19. The summed E-state index contributed by atoms with van der Waals surface area (Å²) in [5.41, 5.74) is 2.27. The minimum absolute atomic E-state index is 0. The van der Waals surface area contributed by atoms with Crippen molar-refractivity contribution in [3.05, 3.63) is 46.8 Å². The average molecular weight is 384 g/mol. The molecule has 6 nitrogen and oxygen atoms in total. The molecule has 1 atom stereocenters. The van der Waals surface area contributed by atoms with Crippen molar-refractivity contribution >= 4 is 24.0 Å². The lowest BCUT2D eigenvalue weighted by atomic mass is 10.1. The first kappa shape index (κ1) is 18.6. The van der Waals surface area contributed by atoms with Crippen LogP contribution >= 0.6 is 12.4 Å². The number of amides is 1. The van der Waals surface area contributed by atoms with Gasteiger partial charge in [-0.05, 0) is 18.6 Å². The second-order valence-corrected chi connectivity index (χ2v) is 6.43. The lowest BCUT2D eigenvalue weighted by molar-refractivity contribution is 0.0934. The molecular formula is C17H20ClF2N5O. The number of hydrogen-bond donors (Lipinski definition) is 3. The number of anilines is 1. The fourth-order valence-corrected chi connectivity index (χ4v) is 3.54. The number of para-hydroxylation sites is 1. The molecule has 0 bridgehead atoms. The molecule has 0 aliphatic carbocycles. The van der Waals surface area contributed by atoms with Gasteiger partial charge in [0.15, 0.2) is 5.69 Å². The Morgan fingerprint density at radius 3 is 2.85 bits per heavy atom. The maximum absolute atomic E-state index is 13.9. The minimum Gasteiger partial charge on any atom is -0.365 e. The number of nitrogens with zero attached hydrogens (tertiary/aromatic N) is 2. The van der Waals surface area contributed by atoms with Gasteiger partial charge in [0.25, 0.3) is 5.91 Å². The van der Waals surface area contributed by atoms with Gasteiger partial charge in [0, 0.05) is 49.9 Å². The summed E-state index contributed by atoms with van der Waals surface area (Å²) in [6.07, 6.45) is 1.45. The summed E-state index contributed by atoms with van der Waals surface area (Å²) in [5.74, 6) is -1.42. The summed E-state index contributed by atoms with van der Waals surface area (Å²) in [4.78, 5) is 14.2.